The third-order valence-electron chi connectivity index (χ3n) is 3.50. The topological polar surface area (TPSA) is 25.4 Å². The van der Waals surface area contributed by atoms with Gasteiger partial charge in [-0.3, -0.25) is 4.90 Å². The molecule has 1 fully saturated rings. The average Bonchev–Trinajstić information content (AvgIpc) is 3.10. The second kappa shape index (κ2) is 6.80. The maximum Gasteiger partial charge on any atom is 0.133 e. The van der Waals surface area contributed by atoms with E-state index in [0.717, 1.165) is 30.4 Å². The molecular weight excluding hydrogens is 288 g/mol. The van der Waals surface area contributed by atoms with Crippen molar-refractivity contribution in [3.63, 3.8) is 0 Å². The van der Waals surface area contributed by atoms with Gasteiger partial charge in [0.05, 0.1) is 16.7 Å². The van der Waals surface area contributed by atoms with Crippen molar-refractivity contribution in [2.45, 2.75) is 31.9 Å². The van der Waals surface area contributed by atoms with Crippen LogP contribution in [0.4, 0.5) is 0 Å². The molecule has 20 heavy (non-hydrogen) atoms. The minimum Gasteiger partial charge on any atom is -0.377 e. The molecule has 0 radical (unpaired) electrons. The number of nitrogens with zero attached hydrogens (tertiary/aromatic N) is 2. The number of hydrogen-bond acceptors (Lipinski definition) is 5. The number of rotatable bonds is 5. The Morgan fingerprint density at radius 1 is 1.40 bits per heavy atom. The van der Waals surface area contributed by atoms with Crippen LogP contribution in [0.15, 0.2) is 22.9 Å². The van der Waals surface area contributed by atoms with Crippen molar-refractivity contribution in [3.05, 3.63) is 28.6 Å². The molecule has 108 valence electrons. The van der Waals surface area contributed by atoms with Gasteiger partial charge in [0.1, 0.15) is 5.01 Å². The van der Waals surface area contributed by atoms with Gasteiger partial charge in [-0.05, 0) is 37.8 Å². The number of likely N-dealkylation sites (N-methyl/N-ethyl adjacent to an activating group) is 1. The third kappa shape index (κ3) is 3.67. The lowest BCUT2D eigenvalue weighted by Gasteiger charge is -2.26. The zero-order chi connectivity index (χ0) is 13.8. The summed E-state index contributed by atoms with van der Waals surface area (Å²) in [7, 11) is 2.15. The first kappa shape index (κ1) is 14.2. The Hall–Kier alpha value is -0.750. The second-order valence-corrected chi connectivity index (χ2v) is 7.11. The molecule has 0 aromatic carbocycles. The fraction of sp³-hybridized carbons (Fsp3) is 0.533. The fourth-order valence-corrected chi connectivity index (χ4v) is 4.16. The highest BCUT2D eigenvalue weighted by atomic mass is 32.1. The normalized spacial score (nSPS) is 19.6. The van der Waals surface area contributed by atoms with Gasteiger partial charge in [-0.2, -0.15) is 0 Å². The van der Waals surface area contributed by atoms with Crippen LogP contribution in [0.2, 0.25) is 0 Å². The van der Waals surface area contributed by atoms with Crippen LogP contribution >= 0.6 is 22.7 Å². The van der Waals surface area contributed by atoms with Gasteiger partial charge in [0.15, 0.2) is 0 Å². The molecule has 3 nitrogen and oxygen atoms in total. The molecule has 1 unspecified atom stereocenters. The minimum absolute atomic E-state index is 0.407. The molecule has 2 aromatic heterocycles. The Bertz CT molecular complexity index is 518. The monoisotopic (exact) mass is 308 g/mol. The lowest BCUT2D eigenvalue weighted by molar-refractivity contribution is -0.00271. The largest absolute Gasteiger partial charge is 0.377 e. The highest BCUT2D eigenvalue weighted by Gasteiger charge is 2.16. The van der Waals surface area contributed by atoms with E-state index in [2.05, 4.69) is 34.8 Å². The van der Waals surface area contributed by atoms with E-state index in [1.165, 1.54) is 24.1 Å². The van der Waals surface area contributed by atoms with Crippen molar-refractivity contribution in [2.75, 3.05) is 20.2 Å². The van der Waals surface area contributed by atoms with Gasteiger partial charge < -0.3 is 4.74 Å². The predicted octanol–water partition coefficient (Wildman–Crippen LogP) is 3.87. The molecule has 0 N–H and O–H groups in total. The van der Waals surface area contributed by atoms with Crippen LogP contribution in [0, 0.1) is 0 Å². The molecule has 3 heterocycles. The van der Waals surface area contributed by atoms with E-state index in [4.69, 9.17) is 9.72 Å². The Kier molecular flexibility index (Phi) is 4.83. The maximum atomic E-state index is 5.79. The Balaban J connectivity index is 1.54. The van der Waals surface area contributed by atoms with Crippen molar-refractivity contribution in [3.8, 4) is 9.88 Å². The first-order valence-corrected chi connectivity index (χ1v) is 8.85. The maximum absolute atomic E-state index is 5.79. The molecule has 0 aliphatic carbocycles. The van der Waals surface area contributed by atoms with Crippen molar-refractivity contribution in [1.82, 2.24) is 9.88 Å². The molecule has 0 saturated carbocycles. The van der Waals surface area contributed by atoms with Gasteiger partial charge >= 0.3 is 0 Å². The van der Waals surface area contributed by atoms with Gasteiger partial charge in [-0.15, -0.1) is 22.7 Å². The highest BCUT2D eigenvalue weighted by molar-refractivity contribution is 7.20. The third-order valence-corrected chi connectivity index (χ3v) is 5.44. The molecule has 1 aliphatic heterocycles. The number of thiophene rings is 1. The summed E-state index contributed by atoms with van der Waals surface area (Å²) in [6, 6.07) is 4.21. The van der Waals surface area contributed by atoms with E-state index in [9.17, 15) is 0 Å². The van der Waals surface area contributed by atoms with E-state index < -0.39 is 0 Å². The van der Waals surface area contributed by atoms with Gasteiger partial charge in [-0.25, -0.2) is 4.98 Å². The van der Waals surface area contributed by atoms with Crippen molar-refractivity contribution >= 4 is 22.7 Å². The van der Waals surface area contributed by atoms with Crippen molar-refractivity contribution in [1.29, 1.82) is 0 Å². The zero-order valence-electron chi connectivity index (χ0n) is 11.7. The van der Waals surface area contributed by atoms with Gasteiger partial charge in [-0.1, -0.05) is 6.07 Å². The standard InChI is InChI=1S/C15H20N2OS2/c1-17(10-13-5-2-3-7-18-13)9-12-11-20-15(16-12)14-6-4-8-19-14/h4,6,8,11,13H,2-3,5,7,9-10H2,1H3. The first-order valence-electron chi connectivity index (χ1n) is 7.09. The van der Waals surface area contributed by atoms with Gasteiger partial charge in [0.2, 0.25) is 0 Å². The summed E-state index contributed by atoms with van der Waals surface area (Å²) in [5, 5.41) is 5.41. The number of aromatic nitrogens is 1. The van der Waals surface area contributed by atoms with Crippen LogP contribution in [0.1, 0.15) is 25.0 Å². The summed E-state index contributed by atoms with van der Waals surface area (Å²) < 4.78 is 5.79. The predicted molar refractivity (Wildman–Crippen MR) is 85.4 cm³/mol. The molecule has 1 atom stereocenters. The molecule has 3 rings (SSSR count). The van der Waals surface area contributed by atoms with Crippen LogP contribution in [0.3, 0.4) is 0 Å². The number of ether oxygens (including phenoxy) is 1. The van der Waals surface area contributed by atoms with E-state index in [-0.39, 0.29) is 0 Å². The van der Waals surface area contributed by atoms with Crippen molar-refractivity contribution in [2.24, 2.45) is 0 Å². The van der Waals surface area contributed by atoms with Crippen LogP contribution in [-0.2, 0) is 11.3 Å². The SMILES string of the molecule is CN(Cc1csc(-c2cccs2)n1)CC1CCCCO1. The van der Waals surface area contributed by atoms with E-state index in [1.54, 1.807) is 22.7 Å². The lowest BCUT2D eigenvalue weighted by Crippen LogP contribution is -2.33. The Labute approximate surface area is 128 Å². The molecule has 0 spiro atoms. The summed E-state index contributed by atoms with van der Waals surface area (Å²) >= 11 is 3.49. The smallest absolute Gasteiger partial charge is 0.133 e. The second-order valence-electron chi connectivity index (χ2n) is 5.31. The molecule has 1 saturated heterocycles. The fourth-order valence-electron chi connectivity index (χ4n) is 2.53. The number of thiazole rings is 1. The lowest BCUT2D eigenvalue weighted by atomic mass is 10.1. The van der Waals surface area contributed by atoms with Crippen LogP contribution in [0.5, 0.6) is 0 Å². The van der Waals surface area contributed by atoms with Crippen LogP contribution < -0.4 is 0 Å². The van der Waals surface area contributed by atoms with E-state index >= 15 is 0 Å². The molecule has 0 amide bonds. The van der Waals surface area contributed by atoms with E-state index in [1.807, 2.05) is 0 Å². The molecule has 1 aliphatic rings. The summed E-state index contributed by atoms with van der Waals surface area (Å²) in [4.78, 5) is 8.32. The van der Waals surface area contributed by atoms with E-state index in [0.29, 0.717) is 6.10 Å². The van der Waals surface area contributed by atoms with Gasteiger partial charge in [0.25, 0.3) is 0 Å². The summed E-state index contributed by atoms with van der Waals surface area (Å²) in [6.07, 6.45) is 4.12. The van der Waals surface area contributed by atoms with Crippen molar-refractivity contribution < 1.29 is 4.74 Å². The molecule has 0 bridgehead atoms. The number of hydrogen-bond donors (Lipinski definition) is 0. The Morgan fingerprint density at radius 2 is 2.35 bits per heavy atom. The zero-order valence-corrected chi connectivity index (χ0v) is 13.4. The average molecular weight is 308 g/mol. The molecule has 2 aromatic rings. The highest BCUT2D eigenvalue weighted by Crippen LogP contribution is 2.28. The summed E-state index contributed by atoms with van der Waals surface area (Å²) in [5.41, 5.74) is 1.16. The molecular formula is C15H20N2OS2. The van der Waals surface area contributed by atoms with Crippen LogP contribution in [-0.4, -0.2) is 36.2 Å². The summed E-state index contributed by atoms with van der Waals surface area (Å²) in [6.45, 7) is 2.84. The van der Waals surface area contributed by atoms with Crippen LogP contribution in [0.25, 0.3) is 9.88 Å². The van der Waals surface area contributed by atoms with Gasteiger partial charge in [0, 0.05) is 25.1 Å². The minimum atomic E-state index is 0.407. The molecule has 5 heteroatoms. The first-order chi connectivity index (χ1) is 9.81. The summed E-state index contributed by atoms with van der Waals surface area (Å²) in [5.74, 6) is 0. The quantitative estimate of drug-likeness (QED) is 0.838. The Morgan fingerprint density at radius 3 is 3.10 bits per heavy atom.